The predicted octanol–water partition coefficient (Wildman–Crippen LogP) is 1.61. The van der Waals surface area contributed by atoms with Crippen LogP contribution in [0.1, 0.15) is 24.8 Å². The highest BCUT2D eigenvalue weighted by Crippen LogP contribution is 2.23. The maximum Gasteiger partial charge on any atom is 0.224 e. The molecular formula is C14H19FN2O. The number of carbonyl (C=O) groups excluding carboxylic acids is 1. The van der Waals surface area contributed by atoms with Crippen LogP contribution in [0.4, 0.5) is 4.39 Å². The summed E-state index contributed by atoms with van der Waals surface area (Å²) in [6.45, 7) is 0.606. The van der Waals surface area contributed by atoms with E-state index in [9.17, 15) is 9.18 Å². The summed E-state index contributed by atoms with van der Waals surface area (Å²) >= 11 is 0. The second-order valence-corrected chi connectivity index (χ2v) is 4.93. The zero-order valence-electron chi connectivity index (χ0n) is 10.4. The Morgan fingerprint density at radius 3 is 2.83 bits per heavy atom. The maximum absolute atomic E-state index is 13.4. The number of hydrogen-bond acceptors (Lipinski definition) is 2. The van der Waals surface area contributed by atoms with E-state index in [1.54, 1.807) is 18.2 Å². The first-order valence-corrected chi connectivity index (χ1v) is 6.42. The lowest BCUT2D eigenvalue weighted by Crippen LogP contribution is -2.36. The molecule has 1 saturated carbocycles. The largest absolute Gasteiger partial charge is 0.355 e. The van der Waals surface area contributed by atoms with Gasteiger partial charge in [0.25, 0.3) is 0 Å². The summed E-state index contributed by atoms with van der Waals surface area (Å²) in [4.78, 5) is 11.7. The van der Waals surface area contributed by atoms with Gasteiger partial charge >= 0.3 is 0 Å². The maximum atomic E-state index is 13.4. The molecule has 2 unspecified atom stereocenters. The van der Waals surface area contributed by atoms with Gasteiger partial charge in [-0.2, -0.15) is 0 Å². The summed E-state index contributed by atoms with van der Waals surface area (Å²) in [7, 11) is 0. The van der Waals surface area contributed by atoms with Crippen molar-refractivity contribution in [2.24, 2.45) is 11.7 Å². The summed E-state index contributed by atoms with van der Waals surface area (Å²) in [6.07, 6.45) is 3.33. The van der Waals surface area contributed by atoms with Gasteiger partial charge in [-0.15, -0.1) is 0 Å². The van der Waals surface area contributed by atoms with Crippen LogP contribution < -0.4 is 11.1 Å². The Morgan fingerprint density at radius 1 is 1.39 bits per heavy atom. The van der Waals surface area contributed by atoms with E-state index in [1.807, 2.05) is 0 Å². The van der Waals surface area contributed by atoms with Gasteiger partial charge in [0.05, 0.1) is 6.42 Å². The Morgan fingerprint density at radius 2 is 2.17 bits per heavy atom. The molecular weight excluding hydrogens is 231 g/mol. The average Bonchev–Trinajstić information content (AvgIpc) is 2.75. The predicted molar refractivity (Wildman–Crippen MR) is 68.4 cm³/mol. The van der Waals surface area contributed by atoms with Crippen molar-refractivity contribution in [2.75, 3.05) is 6.54 Å². The lowest BCUT2D eigenvalue weighted by atomic mass is 10.0. The first-order valence-electron chi connectivity index (χ1n) is 6.42. The van der Waals surface area contributed by atoms with Crippen molar-refractivity contribution in [3.05, 3.63) is 35.6 Å². The highest BCUT2D eigenvalue weighted by atomic mass is 19.1. The summed E-state index contributed by atoms with van der Waals surface area (Å²) in [5.41, 5.74) is 6.37. The van der Waals surface area contributed by atoms with Crippen molar-refractivity contribution < 1.29 is 9.18 Å². The number of carbonyl (C=O) groups is 1. The number of nitrogens with one attached hydrogen (secondary N) is 1. The van der Waals surface area contributed by atoms with Crippen LogP contribution in [-0.2, 0) is 11.2 Å². The molecule has 2 rings (SSSR count). The molecule has 1 aromatic carbocycles. The fourth-order valence-corrected chi connectivity index (χ4v) is 2.44. The van der Waals surface area contributed by atoms with Crippen LogP contribution in [0.25, 0.3) is 0 Å². The second kappa shape index (κ2) is 5.96. The fourth-order valence-electron chi connectivity index (χ4n) is 2.44. The lowest BCUT2D eigenvalue weighted by molar-refractivity contribution is -0.120. The van der Waals surface area contributed by atoms with Crippen molar-refractivity contribution in [1.29, 1.82) is 0 Å². The summed E-state index contributed by atoms with van der Waals surface area (Å²) in [5, 5.41) is 2.85. The van der Waals surface area contributed by atoms with Gasteiger partial charge in [0.1, 0.15) is 5.82 Å². The highest BCUT2D eigenvalue weighted by molar-refractivity contribution is 5.78. The fraction of sp³-hybridized carbons (Fsp3) is 0.500. The van der Waals surface area contributed by atoms with E-state index < -0.39 is 0 Å². The van der Waals surface area contributed by atoms with Gasteiger partial charge < -0.3 is 11.1 Å². The van der Waals surface area contributed by atoms with E-state index in [0.29, 0.717) is 18.0 Å². The van der Waals surface area contributed by atoms with Crippen LogP contribution in [0.3, 0.4) is 0 Å². The zero-order chi connectivity index (χ0) is 13.0. The van der Waals surface area contributed by atoms with E-state index in [2.05, 4.69) is 5.32 Å². The summed E-state index contributed by atoms with van der Waals surface area (Å²) < 4.78 is 13.4. The molecule has 4 heteroatoms. The van der Waals surface area contributed by atoms with Crippen molar-refractivity contribution in [3.63, 3.8) is 0 Å². The van der Waals surface area contributed by atoms with Crippen molar-refractivity contribution in [1.82, 2.24) is 5.32 Å². The van der Waals surface area contributed by atoms with E-state index in [-0.39, 0.29) is 24.2 Å². The molecule has 3 N–H and O–H groups in total. The number of hydrogen-bond donors (Lipinski definition) is 2. The first kappa shape index (κ1) is 13.0. The normalized spacial score (nSPS) is 23.0. The third-order valence-electron chi connectivity index (χ3n) is 3.59. The minimum Gasteiger partial charge on any atom is -0.355 e. The Bertz CT molecular complexity index is 422. The summed E-state index contributed by atoms with van der Waals surface area (Å²) in [5.74, 6) is -0.0982. The molecule has 1 aliphatic rings. The molecule has 1 amide bonds. The third-order valence-corrected chi connectivity index (χ3v) is 3.59. The van der Waals surface area contributed by atoms with Gasteiger partial charge in [0.2, 0.25) is 5.91 Å². The molecule has 0 aromatic heterocycles. The number of nitrogens with two attached hydrogens (primary N) is 1. The van der Waals surface area contributed by atoms with Gasteiger partial charge in [0.15, 0.2) is 0 Å². The number of rotatable bonds is 4. The molecule has 0 heterocycles. The SMILES string of the molecule is NC1CCCC1CNC(=O)Cc1ccccc1F. The molecule has 0 radical (unpaired) electrons. The molecule has 2 atom stereocenters. The monoisotopic (exact) mass is 250 g/mol. The highest BCUT2D eigenvalue weighted by Gasteiger charge is 2.24. The zero-order valence-corrected chi connectivity index (χ0v) is 10.4. The van der Waals surface area contributed by atoms with Crippen molar-refractivity contribution in [2.45, 2.75) is 31.7 Å². The molecule has 1 aliphatic carbocycles. The minimum absolute atomic E-state index is 0.0919. The molecule has 0 aliphatic heterocycles. The first-order chi connectivity index (χ1) is 8.66. The van der Waals surface area contributed by atoms with Crippen LogP contribution in [-0.4, -0.2) is 18.5 Å². The van der Waals surface area contributed by atoms with E-state index >= 15 is 0 Å². The number of amides is 1. The van der Waals surface area contributed by atoms with E-state index in [0.717, 1.165) is 19.3 Å². The standard InChI is InChI=1S/C14H19FN2O/c15-12-6-2-1-4-10(12)8-14(18)17-9-11-5-3-7-13(11)16/h1-2,4,6,11,13H,3,5,7-9,16H2,(H,17,18). The van der Waals surface area contributed by atoms with Crippen LogP contribution in [0.5, 0.6) is 0 Å². The minimum atomic E-state index is -0.329. The van der Waals surface area contributed by atoms with Gasteiger partial charge in [-0.25, -0.2) is 4.39 Å². The molecule has 0 saturated heterocycles. The van der Waals surface area contributed by atoms with Crippen molar-refractivity contribution in [3.8, 4) is 0 Å². The Hall–Kier alpha value is -1.42. The van der Waals surface area contributed by atoms with Crippen molar-refractivity contribution >= 4 is 5.91 Å². The van der Waals surface area contributed by atoms with Crippen LogP contribution in [0.2, 0.25) is 0 Å². The molecule has 0 bridgehead atoms. The average molecular weight is 250 g/mol. The molecule has 3 nitrogen and oxygen atoms in total. The molecule has 1 aromatic rings. The van der Waals surface area contributed by atoms with E-state index in [1.165, 1.54) is 6.07 Å². The number of benzene rings is 1. The third kappa shape index (κ3) is 3.29. The smallest absolute Gasteiger partial charge is 0.224 e. The molecule has 1 fully saturated rings. The van der Waals surface area contributed by atoms with Crippen LogP contribution in [0.15, 0.2) is 24.3 Å². The molecule has 18 heavy (non-hydrogen) atoms. The van der Waals surface area contributed by atoms with Crippen LogP contribution >= 0.6 is 0 Å². The molecule has 0 spiro atoms. The Balaban J connectivity index is 1.80. The lowest BCUT2D eigenvalue weighted by Gasteiger charge is -2.15. The quantitative estimate of drug-likeness (QED) is 0.853. The van der Waals surface area contributed by atoms with E-state index in [4.69, 9.17) is 5.73 Å². The van der Waals surface area contributed by atoms with Gasteiger partial charge in [-0.05, 0) is 30.4 Å². The van der Waals surface area contributed by atoms with Crippen LogP contribution in [0, 0.1) is 11.7 Å². The Kier molecular flexibility index (Phi) is 4.31. The second-order valence-electron chi connectivity index (χ2n) is 4.93. The van der Waals surface area contributed by atoms with Gasteiger partial charge in [-0.1, -0.05) is 24.6 Å². The molecule has 98 valence electrons. The van der Waals surface area contributed by atoms with Gasteiger partial charge in [0, 0.05) is 12.6 Å². The number of halogens is 1. The van der Waals surface area contributed by atoms with Gasteiger partial charge in [-0.3, -0.25) is 4.79 Å². The summed E-state index contributed by atoms with van der Waals surface area (Å²) in [6, 6.07) is 6.55. The topological polar surface area (TPSA) is 55.1 Å². The Labute approximate surface area is 107 Å².